The van der Waals surface area contributed by atoms with Crippen molar-refractivity contribution in [3.63, 3.8) is 0 Å². The lowest BCUT2D eigenvalue weighted by Gasteiger charge is -2.43. The quantitative estimate of drug-likeness (QED) is 0.839. The zero-order chi connectivity index (χ0) is 13.5. The van der Waals surface area contributed by atoms with Crippen LogP contribution in [0.15, 0.2) is 36.7 Å². The van der Waals surface area contributed by atoms with Crippen LogP contribution in [0.2, 0.25) is 0 Å². The zero-order valence-corrected chi connectivity index (χ0v) is 11.8. The first kappa shape index (κ1) is 12.6. The van der Waals surface area contributed by atoms with Gasteiger partial charge in [-0.05, 0) is 41.7 Å². The van der Waals surface area contributed by atoms with Crippen LogP contribution in [0, 0.1) is 11.8 Å². The van der Waals surface area contributed by atoms with Crippen molar-refractivity contribution in [1.82, 2.24) is 4.98 Å². The molecular weight excluding hydrogens is 232 g/mol. The van der Waals surface area contributed by atoms with Crippen molar-refractivity contribution in [1.29, 1.82) is 0 Å². The smallest absolute Gasteiger partial charge is 0.0444 e. The van der Waals surface area contributed by atoms with E-state index in [0.717, 1.165) is 6.42 Å². The van der Waals surface area contributed by atoms with Gasteiger partial charge in [0.2, 0.25) is 0 Å². The first-order valence-corrected chi connectivity index (χ1v) is 7.23. The van der Waals surface area contributed by atoms with Crippen molar-refractivity contribution >= 4 is 10.8 Å². The molecule has 1 saturated carbocycles. The summed E-state index contributed by atoms with van der Waals surface area (Å²) in [4.78, 5) is 4.22. The van der Waals surface area contributed by atoms with Crippen molar-refractivity contribution in [2.75, 3.05) is 0 Å². The van der Waals surface area contributed by atoms with Crippen LogP contribution in [0.3, 0.4) is 0 Å². The highest BCUT2D eigenvalue weighted by Gasteiger charge is 2.39. The van der Waals surface area contributed by atoms with Crippen molar-refractivity contribution < 1.29 is 0 Å². The second-order valence-corrected chi connectivity index (χ2v) is 6.23. The maximum Gasteiger partial charge on any atom is 0.0444 e. The number of fused-ring (bicyclic) bond motifs is 1. The molecule has 3 atom stereocenters. The fourth-order valence-electron chi connectivity index (χ4n) is 3.58. The van der Waals surface area contributed by atoms with Crippen LogP contribution >= 0.6 is 0 Å². The van der Waals surface area contributed by atoms with Gasteiger partial charge >= 0.3 is 0 Å². The molecule has 2 heteroatoms. The molecule has 0 radical (unpaired) electrons. The van der Waals surface area contributed by atoms with E-state index in [9.17, 15) is 0 Å². The van der Waals surface area contributed by atoms with Gasteiger partial charge in [0.05, 0.1) is 0 Å². The molecule has 0 spiro atoms. The highest BCUT2D eigenvalue weighted by molar-refractivity contribution is 5.85. The minimum absolute atomic E-state index is 0.196. The summed E-state index contributed by atoms with van der Waals surface area (Å²) >= 11 is 0. The lowest BCUT2D eigenvalue weighted by atomic mass is 9.66. The fraction of sp³-hybridized carbons (Fsp3) is 0.471. The van der Waals surface area contributed by atoms with Crippen LogP contribution in [0.4, 0.5) is 0 Å². The molecule has 2 N–H and O–H groups in total. The summed E-state index contributed by atoms with van der Waals surface area (Å²) in [6.07, 6.45) is 7.40. The fourth-order valence-corrected chi connectivity index (χ4v) is 3.58. The molecule has 2 aromatic rings. The molecule has 1 aliphatic rings. The molecule has 0 saturated heterocycles. The van der Waals surface area contributed by atoms with Gasteiger partial charge in [0.25, 0.3) is 0 Å². The molecule has 1 aromatic heterocycles. The van der Waals surface area contributed by atoms with Gasteiger partial charge in [-0.3, -0.25) is 4.98 Å². The molecule has 0 amide bonds. The SMILES string of the molecule is CC1CCC(C)C(N)(c2cccc3cnccc23)C1. The predicted octanol–water partition coefficient (Wildman–Crippen LogP) is 3.84. The Morgan fingerprint density at radius 3 is 2.89 bits per heavy atom. The van der Waals surface area contributed by atoms with E-state index < -0.39 is 0 Å². The molecule has 3 unspecified atom stereocenters. The molecule has 2 nitrogen and oxygen atoms in total. The van der Waals surface area contributed by atoms with Gasteiger partial charge in [0.1, 0.15) is 0 Å². The minimum atomic E-state index is -0.196. The number of benzene rings is 1. The monoisotopic (exact) mass is 254 g/mol. The number of pyridine rings is 1. The molecule has 3 rings (SSSR count). The van der Waals surface area contributed by atoms with Gasteiger partial charge in [0, 0.05) is 23.3 Å². The number of nitrogens with zero attached hydrogens (tertiary/aromatic N) is 1. The van der Waals surface area contributed by atoms with Crippen molar-refractivity contribution in [2.24, 2.45) is 17.6 Å². The van der Waals surface area contributed by atoms with E-state index in [0.29, 0.717) is 11.8 Å². The van der Waals surface area contributed by atoms with Gasteiger partial charge in [-0.15, -0.1) is 0 Å². The highest BCUT2D eigenvalue weighted by Crippen LogP contribution is 2.43. The van der Waals surface area contributed by atoms with Crippen LogP contribution in [-0.2, 0) is 5.54 Å². The van der Waals surface area contributed by atoms with E-state index in [1.54, 1.807) is 0 Å². The van der Waals surface area contributed by atoms with E-state index in [2.05, 4.69) is 43.1 Å². The topological polar surface area (TPSA) is 38.9 Å². The molecule has 1 heterocycles. The van der Waals surface area contributed by atoms with Crippen LogP contribution in [0.5, 0.6) is 0 Å². The summed E-state index contributed by atoms with van der Waals surface area (Å²) in [5.41, 5.74) is 7.96. The second kappa shape index (κ2) is 4.61. The summed E-state index contributed by atoms with van der Waals surface area (Å²) in [5, 5.41) is 2.45. The van der Waals surface area contributed by atoms with E-state index in [1.807, 2.05) is 12.4 Å². The first-order valence-electron chi connectivity index (χ1n) is 7.23. The average Bonchev–Trinajstić information content (AvgIpc) is 2.42. The van der Waals surface area contributed by atoms with Gasteiger partial charge < -0.3 is 5.73 Å². The van der Waals surface area contributed by atoms with Crippen molar-refractivity contribution in [2.45, 2.75) is 38.6 Å². The lowest BCUT2D eigenvalue weighted by Crippen LogP contribution is -2.47. The maximum atomic E-state index is 6.86. The van der Waals surface area contributed by atoms with Gasteiger partial charge in [0.15, 0.2) is 0 Å². The number of hydrogen-bond donors (Lipinski definition) is 1. The molecule has 100 valence electrons. The molecular formula is C17H22N2. The number of aromatic nitrogens is 1. The van der Waals surface area contributed by atoms with Gasteiger partial charge in [-0.1, -0.05) is 38.5 Å². The Morgan fingerprint density at radius 1 is 1.21 bits per heavy atom. The van der Waals surface area contributed by atoms with E-state index >= 15 is 0 Å². The summed E-state index contributed by atoms with van der Waals surface area (Å²) in [6.45, 7) is 4.62. The van der Waals surface area contributed by atoms with Crippen molar-refractivity contribution in [3.8, 4) is 0 Å². The van der Waals surface area contributed by atoms with Crippen LogP contribution < -0.4 is 5.73 Å². The molecule has 19 heavy (non-hydrogen) atoms. The third-order valence-corrected chi connectivity index (χ3v) is 4.84. The Morgan fingerprint density at radius 2 is 2.05 bits per heavy atom. The van der Waals surface area contributed by atoms with Crippen LogP contribution in [0.1, 0.15) is 38.7 Å². The number of hydrogen-bond acceptors (Lipinski definition) is 2. The molecule has 1 fully saturated rings. The van der Waals surface area contributed by atoms with Crippen LogP contribution in [0.25, 0.3) is 10.8 Å². The lowest BCUT2D eigenvalue weighted by molar-refractivity contribution is 0.163. The van der Waals surface area contributed by atoms with Crippen LogP contribution in [-0.4, -0.2) is 4.98 Å². The molecule has 1 aromatic carbocycles. The normalized spacial score (nSPS) is 31.5. The van der Waals surface area contributed by atoms with Gasteiger partial charge in [-0.25, -0.2) is 0 Å². The Hall–Kier alpha value is -1.41. The highest BCUT2D eigenvalue weighted by atomic mass is 14.8. The average molecular weight is 254 g/mol. The predicted molar refractivity (Wildman–Crippen MR) is 79.8 cm³/mol. The first-order chi connectivity index (χ1) is 9.11. The summed E-state index contributed by atoms with van der Waals surface area (Å²) in [6, 6.07) is 8.54. The summed E-state index contributed by atoms with van der Waals surface area (Å²) < 4.78 is 0. The minimum Gasteiger partial charge on any atom is -0.321 e. The Kier molecular flexibility index (Phi) is 3.06. The molecule has 1 aliphatic carbocycles. The maximum absolute atomic E-state index is 6.86. The summed E-state index contributed by atoms with van der Waals surface area (Å²) in [7, 11) is 0. The van der Waals surface area contributed by atoms with E-state index in [-0.39, 0.29) is 5.54 Å². The Labute approximate surface area is 115 Å². The third kappa shape index (κ3) is 2.04. The Bertz CT molecular complexity index is 587. The molecule has 0 bridgehead atoms. The zero-order valence-electron chi connectivity index (χ0n) is 11.8. The van der Waals surface area contributed by atoms with E-state index in [1.165, 1.54) is 29.2 Å². The number of nitrogens with two attached hydrogens (primary N) is 1. The largest absolute Gasteiger partial charge is 0.321 e. The summed E-state index contributed by atoms with van der Waals surface area (Å²) in [5.74, 6) is 1.24. The number of rotatable bonds is 1. The standard InChI is InChI=1S/C17H22N2/c1-12-6-7-13(2)17(18,10-12)16-5-3-4-14-11-19-9-8-15(14)16/h3-5,8-9,11-13H,6-7,10,18H2,1-2H3. The third-order valence-electron chi connectivity index (χ3n) is 4.84. The molecule has 0 aliphatic heterocycles. The Balaban J connectivity index is 2.17. The van der Waals surface area contributed by atoms with Crippen molar-refractivity contribution in [3.05, 3.63) is 42.2 Å². The van der Waals surface area contributed by atoms with E-state index in [4.69, 9.17) is 5.73 Å². The second-order valence-electron chi connectivity index (χ2n) is 6.23. The van der Waals surface area contributed by atoms with Gasteiger partial charge in [-0.2, -0.15) is 0 Å².